The van der Waals surface area contributed by atoms with Gasteiger partial charge in [-0.05, 0) is 54.2 Å². The van der Waals surface area contributed by atoms with E-state index in [-0.39, 0.29) is 18.2 Å². The van der Waals surface area contributed by atoms with Crippen molar-refractivity contribution >= 4 is 33.8 Å². The van der Waals surface area contributed by atoms with Gasteiger partial charge in [0.05, 0.1) is 12.6 Å². The van der Waals surface area contributed by atoms with Crippen LogP contribution < -0.4 is 10.1 Å². The molecule has 3 aromatic carbocycles. The Kier molecular flexibility index (Phi) is 9.04. The Morgan fingerprint density at radius 3 is 2.71 bits per heavy atom. The average Bonchev–Trinajstić information content (AvgIpc) is 3.35. The van der Waals surface area contributed by atoms with E-state index in [1.54, 1.807) is 14.2 Å². The summed E-state index contributed by atoms with van der Waals surface area (Å²) in [7, 11) is 3.35. The Bertz CT molecular complexity index is 1520. The number of fused-ring (bicyclic) bond motifs is 2. The summed E-state index contributed by atoms with van der Waals surface area (Å²) < 4.78 is 13.1. The van der Waals surface area contributed by atoms with Crippen molar-refractivity contribution in [2.24, 2.45) is 0 Å². The summed E-state index contributed by atoms with van der Waals surface area (Å²) in [6.07, 6.45) is 2.04. The van der Waals surface area contributed by atoms with E-state index in [1.807, 2.05) is 53.4 Å². The number of para-hydroxylation sites is 1. The Balaban J connectivity index is 1.33. The first kappa shape index (κ1) is 28.4. The zero-order chi connectivity index (χ0) is 28.8. The number of aryl methyl sites for hydroxylation is 1. The molecular weight excluding hydrogens is 520 g/mol. The molecule has 4 aromatic rings. The number of likely N-dealkylation sites (tertiary alicyclic amines) is 1. The molecule has 1 fully saturated rings. The molecule has 0 unspecified atom stereocenters. The Morgan fingerprint density at radius 2 is 1.93 bits per heavy atom. The van der Waals surface area contributed by atoms with Gasteiger partial charge < -0.3 is 29.4 Å². The number of nitrogens with zero attached hydrogens (tertiary/aromatic N) is 3. The zero-order valence-electron chi connectivity index (χ0n) is 23.7. The summed E-state index contributed by atoms with van der Waals surface area (Å²) in [6, 6.07) is 19.6. The number of piperidine rings is 1. The van der Waals surface area contributed by atoms with Crippen LogP contribution in [0.3, 0.4) is 0 Å². The lowest BCUT2D eigenvalue weighted by atomic mass is 9.95. The van der Waals surface area contributed by atoms with Gasteiger partial charge in [0.15, 0.2) is 0 Å². The summed E-state index contributed by atoms with van der Waals surface area (Å²) in [5, 5.41) is 14.3. The molecule has 0 saturated carbocycles. The molecule has 0 spiro atoms. The third kappa shape index (κ3) is 6.62. The van der Waals surface area contributed by atoms with Gasteiger partial charge in [-0.1, -0.05) is 48.5 Å². The molecule has 0 aliphatic carbocycles. The third-order valence-corrected chi connectivity index (χ3v) is 7.91. The monoisotopic (exact) mass is 558 g/mol. The minimum Gasteiger partial charge on any atom is -0.494 e. The van der Waals surface area contributed by atoms with E-state index in [1.165, 1.54) is 0 Å². The van der Waals surface area contributed by atoms with Crippen molar-refractivity contribution in [1.82, 2.24) is 19.8 Å². The van der Waals surface area contributed by atoms with Crippen LogP contribution in [0.5, 0.6) is 5.75 Å². The molecule has 216 valence electrons. The van der Waals surface area contributed by atoms with Crippen molar-refractivity contribution in [3.63, 3.8) is 0 Å². The van der Waals surface area contributed by atoms with E-state index in [2.05, 4.69) is 22.0 Å². The molecule has 5 rings (SSSR count). The molecule has 9 nitrogen and oxygen atoms in total. The second-order valence-corrected chi connectivity index (χ2v) is 10.7. The second kappa shape index (κ2) is 13.0. The topological polar surface area (TPSA) is 106 Å². The van der Waals surface area contributed by atoms with Crippen molar-refractivity contribution in [3.8, 4) is 5.75 Å². The fourth-order valence-electron chi connectivity index (χ4n) is 5.97. The average molecular weight is 559 g/mol. The van der Waals surface area contributed by atoms with Crippen LogP contribution in [0.1, 0.15) is 43.0 Å². The Hall–Kier alpha value is -4.11. The Morgan fingerprint density at radius 1 is 1.10 bits per heavy atom. The number of ether oxygens (including phenoxy) is 2. The predicted octanol–water partition coefficient (Wildman–Crippen LogP) is 5.21. The lowest BCUT2D eigenvalue weighted by Crippen LogP contribution is -2.44. The minimum atomic E-state index is -1.13. The molecule has 1 aromatic heterocycles. The van der Waals surface area contributed by atoms with Crippen molar-refractivity contribution in [1.29, 1.82) is 0 Å². The van der Waals surface area contributed by atoms with Crippen LogP contribution in [0.15, 0.2) is 60.7 Å². The van der Waals surface area contributed by atoms with Crippen LogP contribution in [-0.4, -0.2) is 71.5 Å². The number of imidazole rings is 1. The van der Waals surface area contributed by atoms with Crippen LogP contribution in [-0.2, 0) is 22.5 Å². The summed E-state index contributed by atoms with van der Waals surface area (Å²) in [5.74, 6) is 1.70. The number of carbonyl (C=O) groups excluding carboxylic acids is 1. The number of hydrogen-bond donors (Lipinski definition) is 2. The number of nitrogens with one attached hydrogen (secondary N) is 1. The molecule has 41 heavy (non-hydrogen) atoms. The summed E-state index contributed by atoms with van der Waals surface area (Å²) in [4.78, 5) is 32.1. The smallest absolute Gasteiger partial charge is 0.404 e. The van der Waals surface area contributed by atoms with Gasteiger partial charge in [-0.25, -0.2) is 9.78 Å². The molecule has 2 heterocycles. The van der Waals surface area contributed by atoms with Gasteiger partial charge in [0, 0.05) is 51.7 Å². The van der Waals surface area contributed by atoms with Gasteiger partial charge in [-0.15, -0.1) is 0 Å². The normalized spacial score (nSPS) is 16.1. The summed E-state index contributed by atoms with van der Waals surface area (Å²) >= 11 is 0. The maximum atomic E-state index is 13.6. The van der Waals surface area contributed by atoms with Crippen LogP contribution in [0.25, 0.3) is 21.8 Å². The van der Waals surface area contributed by atoms with E-state index >= 15 is 0 Å². The van der Waals surface area contributed by atoms with Crippen LogP contribution in [0, 0.1) is 0 Å². The number of hydrogen-bond acceptors (Lipinski definition) is 5. The molecule has 1 aliphatic rings. The highest BCUT2D eigenvalue weighted by Gasteiger charge is 2.30. The van der Waals surface area contributed by atoms with Gasteiger partial charge in [0.25, 0.3) is 0 Å². The number of carbonyl (C=O) groups is 2. The fraction of sp³-hybridized carbons (Fsp3) is 0.406. The van der Waals surface area contributed by atoms with E-state index in [4.69, 9.17) is 14.5 Å². The Labute approximate surface area is 240 Å². The van der Waals surface area contributed by atoms with Gasteiger partial charge in [0.2, 0.25) is 5.91 Å². The van der Waals surface area contributed by atoms with Crippen LogP contribution in [0.4, 0.5) is 4.79 Å². The standard InChI is InChI=1S/C32H38N4O5/c1-40-17-7-16-36-27-11-5-12-28(41-2)30(27)34-31(36)25-10-6-15-35(21-25)29(37)20-26(33-32(38)39)19-22-13-14-23-8-3-4-9-24(23)18-22/h3-5,8-9,11-14,18,25-26,33H,6-7,10,15-17,19-21H2,1-2H3,(H,38,39)/t25-,26-/m1/s1. The van der Waals surface area contributed by atoms with Crippen LogP contribution in [0.2, 0.25) is 0 Å². The fourth-order valence-corrected chi connectivity index (χ4v) is 5.97. The molecule has 1 aliphatic heterocycles. The maximum Gasteiger partial charge on any atom is 0.404 e. The molecule has 1 saturated heterocycles. The molecular formula is C32H38N4O5. The van der Waals surface area contributed by atoms with Crippen molar-refractivity contribution in [2.75, 3.05) is 33.9 Å². The lowest BCUT2D eigenvalue weighted by Gasteiger charge is -2.33. The highest BCUT2D eigenvalue weighted by Crippen LogP contribution is 2.33. The van der Waals surface area contributed by atoms with Crippen molar-refractivity contribution in [2.45, 2.75) is 50.6 Å². The van der Waals surface area contributed by atoms with Crippen LogP contribution >= 0.6 is 0 Å². The number of methoxy groups -OCH3 is 2. The largest absolute Gasteiger partial charge is 0.494 e. The second-order valence-electron chi connectivity index (χ2n) is 10.7. The number of benzene rings is 3. The van der Waals surface area contributed by atoms with E-state index in [0.29, 0.717) is 26.1 Å². The highest BCUT2D eigenvalue weighted by molar-refractivity contribution is 5.84. The number of amides is 2. The molecule has 9 heteroatoms. The third-order valence-electron chi connectivity index (χ3n) is 7.91. The SMILES string of the molecule is COCCCn1c([C@@H]2CCCN(C(=O)C[C@@H](Cc3ccc4ccccc4c3)NC(=O)O)C2)nc2c(OC)cccc21. The number of aromatic nitrogens is 2. The molecule has 0 bridgehead atoms. The van der Waals surface area contributed by atoms with Gasteiger partial charge >= 0.3 is 6.09 Å². The van der Waals surface area contributed by atoms with E-state index < -0.39 is 12.1 Å². The molecule has 0 radical (unpaired) electrons. The minimum absolute atomic E-state index is 0.0473. The van der Waals surface area contributed by atoms with Gasteiger partial charge in [-0.3, -0.25) is 4.79 Å². The quantitative estimate of drug-likeness (QED) is 0.245. The molecule has 2 atom stereocenters. The zero-order valence-corrected chi connectivity index (χ0v) is 23.7. The first-order valence-corrected chi connectivity index (χ1v) is 14.2. The summed E-state index contributed by atoms with van der Waals surface area (Å²) in [5.41, 5.74) is 2.83. The lowest BCUT2D eigenvalue weighted by molar-refractivity contribution is -0.132. The molecule has 2 N–H and O–H groups in total. The van der Waals surface area contributed by atoms with Gasteiger partial charge in [0.1, 0.15) is 17.1 Å². The maximum absolute atomic E-state index is 13.6. The highest BCUT2D eigenvalue weighted by atomic mass is 16.5. The summed E-state index contributed by atoms with van der Waals surface area (Å²) in [6.45, 7) is 2.60. The first-order valence-electron chi connectivity index (χ1n) is 14.2. The molecule has 2 amide bonds. The number of rotatable bonds is 11. The van der Waals surface area contributed by atoms with Crippen molar-refractivity contribution < 1.29 is 24.2 Å². The van der Waals surface area contributed by atoms with E-state index in [9.17, 15) is 14.7 Å². The first-order chi connectivity index (χ1) is 20.0. The van der Waals surface area contributed by atoms with Crippen molar-refractivity contribution in [3.05, 3.63) is 72.1 Å². The van der Waals surface area contributed by atoms with Gasteiger partial charge in [-0.2, -0.15) is 0 Å². The van der Waals surface area contributed by atoms with E-state index in [0.717, 1.165) is 64.8 Å². The number of carboxylic acid groups (broad SMARTS) is 1. The predicted molar refractivity (Wildman–Crippen MR) is 159 cm³/mol.